The van der Waals surface area contributed by atoms with Crippen LogP contribution in [0.5, 0.6) is 0 Å². The summed E-state index contributed by atoms with van der Waals surface area (Å²) in [5, 5.41) is -0.951. The summed E-state index contributed by atoms with van der Waals surface area (Å²) in [4.78, 5) is 4.00. The molecule has 0 radical (unpaired) electrons. The number of hydrogen-bond acceptors (Lipinski definition) is 5. The zero-order valence-electron chi connectivity index (χ0n) is 11.3. The Morgan fingerprint density at radius 1 is 1.33 bits per heavy atom. The molecule has 122 valence electrons. The Morgan fingerprint density at radius 3 is 2.24 bits per heavy atom. The third kappa shape index (κ3) is 8.57. The van der Waals surface area contributed by atoms with Gasteiger partial charge in [0.05, 0.1) is 0 Å². The van der Waals surface area contributed by atoms with Crippen molar-refractivity contribution in [2.45, 2.75) is 31.6 Å². The number of nitrogens with zero attached hydrogens (tertiary/aromatic N) is 2. The summed E-state index contributed by atoms with van der Waals surface area (Å²) in [6.07, 6.45) is 5.86. The van der Waals surface area contributed by atoms with E-state index in [2.05, 4.69) is 11.6 Å². The van der Waals surface area contributed by atoms with Crippen LogP contribution in [0.4, 0.5) is 0 Å². The smallest absolute Gasteiger partial charge is 0.330 e. The summed E-state index contributed by atoms with van der Waals surface area (Å²) in [5.41, 5.74) is 0. The fourth-order valence-corrected chi connectivity index (χ4v) is 2.57. The van der Waals surface area contributed by atoms with Gasteiger partial charge in [0, 0.05) is 18.9 Å². The summed E-state index contributed by atoms with van der Waals surface area (Å²) in [6, 6.07) is 0. The molecule has 1 heterocycles. The second-order valence-electron chi connectivity index (χ2n) is 3.97. The minimum absolute atomic E-state index is 0.354. The van der Waals surface area contributed by atoms with E-state index in [9.17, 15) is 8.42 Å². The molecule has 0 saturated carbocycles. The third-order valence-electron chi connectivity index (χ3n) is 2.27. The van der Waals surface area contributed by atoms with E-state index >= 15 is 0 Å². The van der Waals surface area contributed by atoms with Crippen molar-refractivity contribution in [3.63, 3.8) is 0 Å². The first-order chi connectivity index (χ1) is 9.50. The lowest BCUT2D eigenvalue weighted by molar-refractivity contribution is 0.381. The monoisotopic (exact) mass is 342 g/mol. The highest BCUT2D eigenvalue weighted by Gasteiger charge is 2.28. The number of imidazole rings is 1. The molecule has 0 spiro atoms. The fourth-order valence-electron chi connectivity index (χ4n) is 1.58. The highest BCUT2D eigenvalue weighted by molar-refractivity contribution is 7.86. The second kappa shape index (κ2) is 8.24. The standard InChI is InChI=1S/C10H16N2O3S.H2O4S/c1-3-5-9(16(13,14)15)10-11-6-8-12(10)7-4-2;1-5(2,3)4/h4,6,8-9H,2-3,5,7H2,1H3,(H,13,14,15);(H2,1,2,3,4). The molecular formula is C10H18N2O7S2. The number of hydrogen-bond donors (Lipinski definition) is 3. The lowest BCUT2D eigenvalue weighted by atomic mass is 10.2. The normalized spacial score (nSPS) is 13.1. The van der Waals surface area contributed by atoms with E-state index in [0.717, 1.165) is 0 Å². The van der Waals surface area contributed by atoms with E-state index in [0.29, 0.717) is 25.2 Å². The van der Waals surface area contributed by atoms with Gasteiger partial charge in [-0.15, -0.1) is 6.58 Å². The van der Waals surface area contributed by atoms with Crippen molar-refractivity contribution in [2.75, 3.05) is 0 Å². The van der Waals surface area contributed by atoms with Crippen molar-refractivity contribution in [1.82, 2.24) is 9.55 Å². The zero-order valence-corrected chi connectivity index (χ0v) is 13.0. The van der Waals surface area contributed by atoms with Gasteiger partial charge < -0.3 is 4.57 Å². The van der Waals surface area contributed by atoms with Crippen LogP contribution in [-0.4, -0.2) is 40.0 Å². The average Bonchev–Trinajstić information content (AvgIpc) is 2.70. The van der Waals surface area contributed by atoms with Crippen LogP contribution in [-0.2, 0) is 27.1 Å². The third-order valence-corrected chi connectivity index (χ3v) is 3.44. The SMILES string of the molecule is C=CCn1ccnc1C(CCC)S(=O)(=O)O.O=S(=O)(O)O. The highest BCUT2D eigenvalue weighted by atomic mass is 32.3. The van der Waals surface area contributed by atoms with Crippen LogP contribution in [0.2, 0.25) is 0 Å². The van der Waals surface area contributed by atoms with Gasteiger partial charge >= 0.3 is 10.4 Å². The molecule has 1 atom stereocenters. The first-order valence-corrected chi connectivity index (χ1v) is 8.68. The van der Waals surface area contributed by atoms with Crippen LogP contribution in [0.25, 0.3) is 0 Å². The Bertz CT molecular complexity index is 641. The van der Waals surface area contributed by atoms with Gasteiger partial charge in [-0.25, -0.2) is 4.98 Å². The molecule has 0 aliphatic rings. The molecule has 21 heavy (non-hydrogen) atoms. The lowest BCUT2D eigenvalue weighted by Gasteiger charge is -2.13. The molecule has 1 aromatic heterocycles. The largest absolute Gasteiger partial charge is 0.394 e. The van der Waals surface area contributed by atoms with Gasteiger partial charge in [0.15, 0.2) is 0 Å². The van der Waals surface area contributed by atoms with Crippen LogP contribution in [0.15, 0.2) is 25.0 Å². The number of aromatic nitrogens is 2. The number of allylic oxidation sites excluding steroid dienone is 1. The Hall–Kier alpha value is -1.27. The van der Waals surface area contributed by atoms with Gasteiger partial charge in [-0.2, -0.15) is 16.8 Å². The first kappa shape index (κ1) is 19.7. The Morgan fingerprint density at radius 2 is 1.86 bits per heavy atom. The van der Waals surface area contributed by atoms with Crippen LogP contribution < -0.4 is 0 Å². The van der Waals surface area contributed by atoms with Crippen molar-refractivity contribution in [2.24, 2.45) is 0 Å². The summed E-state index contributed by atoms with van der Waals surface area (Å²) in [7, 11) is -8.78. The van der Waals surface area contributed by atoms with Crippen LogP contribution >= 0.6 is 0 Å². The van der Waals surface area contributed by atoms with Gasteiger partial charge in [0.1, 0.15) is 11.1 Å². The quantitative estimate of drug-likeness (QED) is 0.515. The molecule has 0 aliphatic heterocycles. The summed E-state index contributed by atoms with van der Waals surface area (Å²) in [5.74, 6) is 0.365. The maximum Gasteiger partial charge on any atom is 0.394 e. The topological polar surface area (TPSA) is 147 Å². The van der Waals surface area contributed by atoms with E-state index < -0.39 is 25.8 Å². The van der Waals surface area contributed by atoms with E-state index in [1.165, 1.54) is 6.20 Å². The van der Waals surface area contributed by atoms with Crippen molar-refractivity contribution in [3.8, 4) is 0 Å². The van der Waals surface area contributed by atoms with Crippen molar-refractivity contribution in [3.05, 3.63) is 30.9 Å². The Kier molecular flexibility index (Phi) is 7.74. The molecule has 1 rings (SSSR count). The summed E-state index contributed by atoms with van der Waals surface area (Å²) >= 11 is 0. The van der Waals surface area contributed by atoms with Gasteiger partial charge in [-0.05, 0) is 6.42 Å². The van der Waals surface area contributed by atoms with Gasteiger partial charge in [0.2, 0.25) is 0 Å². The maximum absolute atomic E-state index is 11.3. The van der Waals surface area contributed by atoms with E-state index in [1.807, 2.05) is 6.92 Å². The average molecular weight is 342 g/mol. The molecule has 0 aromatic carbocycles. The molecule has 1 aromatic rings. The second-order valence-corrected chi connectivity index (χ2v) is 6.46. The van der Waals surface area contributed by atoms with Crippen molar-refractivity contribution >= 4 is 20.5 Å². The molecule has 9 nitrogen and oxygen atoms in total. The van der Waals surface area contributed by atoms with E-state index in [1.54, 1.807) is 16.8 Å². The van der Waals surface area contributed by atoms with Gasteiger partial charge in [-0.1, -0.05) is 19.4 Å². The van der Waals surface area contributed by atoms with Crippen LogP contribution in [0.1, 0.15) is 30.8 Å². The van der Waals surface area contributed by atoms with Crippen molar-refractivity contribution in [1.29, 1.82) is 0 Å². The van der Waals surface area contributed by atoms with Crippen LogP contribution in [0, 0.1) is 0 Å². The van der Waals surface area contributed by atoms with Gasteiger partial charge in [-0.3, -0.25) is 13.7 Å². The highest BCUT2D eigenvalue weighted by Crippen LogP contribution is 2.25. The molecule has 0 fully saturated rings. The zero-order chi connectivity index (χ0) is 16.7. The van der Waals surface area contributed by atoms with E-state index in [4.69, 9.17) is 22.1 Å². The predicted molar refractivity (Wildman–Crippen MR) is 75.8 cm³/mol. The lowest BCUT2D eigenvalue weighted by Crippen LogP contribution is -2.17. The van der Waals surface area contributed by atoms with Crippen LogP contribution in [0.3, 0.4) is 0 Å². The molecule has 0 bridgehead atoms. The molecule has 11 heteroatoms. The predicted octanol–water partition coefficient (Wildman–Crippen LogP) is 1.15. The molecule has 0 aliphatic carbocycles. The minimum Gasteiger partial charge on any atom is -0.330 e. The maximum atomic E-state index is 11.3. The molecule has 0 saturated heterocycles. The molecule has 0 amide bonds. The van der Waals surface area contributed by atoms with Crippen molar-refractivity contribution < 1.29 is 30.5 Å². The van der Waals surface area contributed by atoms with E-state index in [-0.39, 0.29) is 0 Å². The Labute approximate surface area is 123 Å². The first-order valence-electron chi connectivity index (χ1n) is 5.78. The molecular weight excluding hydrogens is 324 g/mol. The summed E-state index contributed by atoms with van der Waals surface area (Å²) in [6.45, 7) is 5.92. The Balaban J connectivity index is 0.000000690. The van der Waals surface area contributed by atoms with Gasteiger partial charge in [0.25, 0.3) is 10.1 Å². The molecule has 3 N–H and O–H groups in total. The number of rotatable bonds is 6. The molecule has 1 unspecified atom stereocenters. The minimum atomic E-state index is -4.67. The fraction of sp³-hybridized carbons (Fsp3) is 0.500. The summed E-state index contributed by atoms with van der Waals surface area (Å²) < 4.78 is 64.9.